The van der Waals surface area contributed by atoms with Gasteiger partial charge in [-0.05, 0) is 61.4 Å². The number of benzene rings is 3. The van der Waals surface area contributed by atoms with E-state index in [0.29, 0.717) is 30.2 Å². The first-order valence-corrected chi connectivity index (χ1v) is 14.7. The summed E-state index contributed by atoms with van der Waals surface area (Å²) < 4.78 is 9.01. The van der Waals surface area contributed by atoms with Crippen LogP contribution in [0.15, 0.2) is 60.7 Å². The number of phenolic OH excluding ortho intramolecular Hbond substituents is 1. The number of likely N-dealkylation sites (tertiary alicyclic amines) is 1. The zero-order chi connectivity index (χ0) is 27.7. The number of hydrogen-bond donors (Lipinski definition) is 2. The summed E-state index contributed by atoms with van der Waals surface area (Å²) in [4.78, 5) is 14.2. The van der Waals surface area contributed by atoms with Crippen molar-refractivity contribution in [1.82, 2.24) is 9.47 Å². The third-order valence-electron chi connectivity index (χ3n) is 10.8. The highest BCUT2D eigenvalue weighted by Crippen LogP contribution is 2.69. The second kappa shape index (κ2) is 7.89. The molecule has 41 heavy (non-hydrogen) atoms. The Labute approximate surface area is 236 Å². The molecule has 0 amide bonds. The lowest BCUT2D eigenvalue weighted by atomic mass is 9.49. The Balaban J connectivity index is 1.31. The van der Waals surface area contributed by atoms with Crippen LogP contribution in [0.3, 0.4) is 0 Å². The lowest BCUT2D eigenvalue weighted by molar-refractivity contribution is -0.385. The molecule has 3 aliphatic carbocycles. The van der Waals surface area contributed by atoms with Crippen LogP contribution in [0, 0.1) is 16.0 Å². The summed E-state index contributed by atoms with van der Waals surface area (Å²) in [6.07, 6.45) is 3.94. The number of aliphatic hydroxyl groups is 1. The molecule has 5 aliphatic rings. The molecular formula is C33H31N3O5. The molecule has 4 aromatic rings. The Morgan fingerprint density at radius 1 is 1.07 bits per heavy atom. The molecule has 9 rings (SSSR count). The van der Waals surface area contributed by atoms with Gasteiger partial charge in [-0.15, -0.1) is 0 Å². The van der Waals surface area contributed by atoms with Crippen molar-refractivity contribution in [2.45, 2.75) is 61.8 Å². The minimum absolute atomic E-state index is 0.0450. The fourth-order valence-corrected chi connectivity index (χ4v) is 8.97. The number of fused-ring (bicyclic) bond motifs is 4. The number of ether oxygens (including phenoxy) is 1. The molecule has 2 aliphatic heterocycles. The van der Waals surface area contributed by atoms with Gasteiger partial charge in [0, 0.05) is 47.1 Å². The van der Waals surface area contributed by atoms with Crippen LogP contribution in [0.4, 0.5) is 5.69 Å². The normalized spacial score (nSPS) is 29.2. The second-order valence-corrected chi connectivity index (χ2v) is 12.8. The Bertz CT molecular complexity index is 1790. The van der Waals surface area contributed by atoms with Crippen LogP contribution in [-0.4, -0.2) is 49.3 Å². The Morgan fingerprint density at radius 2 is 1.88 bits per heavy atom. The van der Waals surface area contributed by atoms with E-state index in [-0.39, 0.29) is 22.4 Å². The molecular weight excluding hydrogens is 518 g/mol. The van der Waals surface area contributed by atoms with Gasteiger partial charge < -0.3 is 19.5 Å². The maximum Gasteiger partial charge on any atom is 0.274 e. The van der Waals surface area contributed by atoms with Gasteiger partial charge in [-0.25, -0.2) is 0 Å². The number of aromatic nitrogens is 1. The number of nitro benzene ring substituents is 1. The lowest BCUT2D eigenvalue weighted by Crippen LogP contribution is -2.74. The van der Waals surface area contributed by atoms with Crippen molar-refractivity contribution >= 4 is 16.6 Å². The number of rotatable bonds is 5. The van der Waals surface area contributed by atoms with Crippen LogP contribution in [0.1, 0.15) is 53.3 Å². The Kier molecular flexibility index (Phi) is 4.58. The molecule has 2 N–H and O–H groups in total. The number of piperidine rings is 1. The summed E-state index contributed by atoms with van der Waals surface area (Å²) in [5.74, 6) is 1.31. The van der Waals surface area contributed by atoms with Crippen molar-refractivity contribution in [3.05, 3.63) is 98.7 Å². The molecule has 1 saturated heterocycles. The maximum atomic E-state index is 13.1. The molecule has 1 saturated carbocycles. The fourth-order valence-electron chi connectivity index (χ4n) is 8.97. The van der Waals surface area contributed by atoms with Gasteiger partial charge in [0.2, 0.25) is 0 Å². The summed E-state index contributed by atoms with van der Waals surface area (Å²) in [6.45, 7) is 2.20. The summed E-state index contributed by atoms with van der Waals surface area (Å²) in [7, 11) is 0. The van der Waals surface area contributed by atoms with E-state index in [1.807, 2.05) is 30.3 Å². The van der Waals surface area contributed by atoms with Crippen molar-refractivity contribution in [1.29, 1.82) is 0 Å². The number of nitro groups is 1. The Morgan fingerprint density at radius 3 is 2.71 bits per heavy atom. The fraction of sp³-hybridized carbons (Fsp3) is 0.394. The van der Waals surface area contributed by atoms with Gasteiger partial charge in [0.1, 0.15) is 0 Å². The van der Waals surface area contributed by atoms with Gasteiger partial charge >= 0.3 is 0 Å². The zero-order valence-corrected chi connectivity index (χ0v) is 22.6. The average Bonchev–Trinajstić information content (AvgIpc) is 3.64. The van der Waals surface area contributed by atoms with E-state index in [1.165, 1.54) is 12.8 Å². The number of para-hydroxylation sites is 2. The molecule has 8 nitrogen and oxygen atoms in total. The highest BCUT2D eigenvalue weighted by molar-refractivity contribution is 5.87. The van der Waals surface area contributed by atoms with Gasteiger partial charge in [0.15, 0.2) is 17.6 Å². The molecule has 3 aromatic carbocycles. The standard InChI is InChI=1S/C33H31N3O5/c37-26-12-11-20-15-27-33(38)16-23-22-6-2-4-8-25(22)35(18-21-5-1-3-7-24(21)36(39)40)29(23)31-32(33,28(20)30(26)41-31)13-14-34(27)17-19-9-10-19/h1-8,11-12,19,27,31,37-38H,9-10,13-18H2/t27-,31+,32+,33-/m1/s1. The van der Waals surface area contributed by atoms with E-state index in [1.54, 1.807) is 18.2 Å². The minimum atomic E-state index is -1.07. The number of aromatic hydroxyl groups is 1. The van der Waals surface area contributed by atoms with Gasteiger partial charge in [0.05, 0.1) is 28.2 Å². The predicted octanol–water partition coefficient (Wildman–Crippen LogP) is 5.00. The van der Waals surface area contributed by atoms with E-state index in [0.717, 1.165) is 59.2 Å². The summed E-state index contributed by atoms with van der Waals surface area (Å²) in [5.41, 5.74) is 4.05. The van der Waals surface area contributed by atoms with Crippen LogP contribution in [-0.2, 0) is 24.8 Å². The van der Waals surface area contributed by atoms with E-state index >= 15 is 0 Å². The second-order valence-electron chi connectivity index (χ2n) is 12.8. The van der Waals surface area contributed by atoms with E-state index in [9.17, 15) is 20.3 Å². The molecule has 0 radical (unpaired) electrons. The van der Waals surface area contributed by atoms with Crippen molar-refractivity contribution in [3.63, 3.8) is 0 Å². The average molecular weight is 550 g/mol. The van der Waals surface area contributed by atoms with Gasteiger partial charge in [-0.3, -0.25) is 15.0 Å². The third-order valence-corrected chi connectivity index (χ3v) is 10.8. The molecule has 2 bridgehead atoms. The smallest absolute Gasteiger partial charge is 0.274 e. The summed E-state index contributed by atoms with van der Waals surface area (Å²) in [6, 6.07) is 18.8. The first kappa shape index (κ1) is 23.8. The van der Waals surface area contributed by atoms with Crippen LogP contribution in [0.5, 0.6) is 11.5 Å². The molecule has 2 fully saturated rings. The molecule has 3 heterocycles. The Hall–Kier alpha value is -3.88. The monoisotopic (exact) mass is 549 g/mol. The quantitative estimate of drug-likeness (QED) is 0.268. The highest BCUT2D eigenvalue weighted by Gasteiger charge is 2.73. The predicted molar refractivity (Wildman–Crippen MR) is 152 cm³/mol. The van der Waals surface area contributed by atoms with Crippen molar-refractivity contribution < 1.29 is 19.9 Å². The van der Waals surface area contributed by atoms with Gasteiger partial charge in [0.25, 0.3) is 5.69 Å². The topological polar surface area (TPSA) is 101 Å². The van der Waals surface area contributed by atoms with Crippen LogP contribution in [0.2, 0.25) is 0 Å². The molecule has 4 atom stereocenters. The van der Waals surface area contributed by atoms with Gasteiger partial charge in [-0.2, -0.15) is 0 Å². The van der Waals surface area contributed by atoms with Crippen LogP contribution >= 0.6 is 0 Å². The zero-order valence-electron chi connectivity index (χ0n) is 22.6. The van der Waals surface area contributed by atoms with Crippen LogP contribution < -0.4 is 4.74 Å². The van der Waals surface area contributed by atoms with Crippen LogP contribution in [0.25, 0.3) is 10.9 Å². The number of hydrogen-bond acceptors (Lipinski definition) is 6. The minimum Gasteiger partial charge on any atom is -0.504 e. The van der Waals surface area contributed by atoms with Crippen molar-refractivity contribution in [2.24, 2.45) is 5.92 Å². The molecule has 8 heteroatoms. The SMILES string of the molecule is O=[N+]([O-])c1ccccc1Cn1c2c(c3ccccc31)C[C@@]1(O)[C@H]3Cc4ccc(O)c5c4[C@@]1(CCN3CC1CC1)[C@H]2O5. The number of nitrogens with zero attached hydrogens (tertiary/aromatic N) is 3. The maximum absolute atomic E-state index is 13.1. The lowest BCUT2D eigenvalue weighted by Gasteiger charge is -2.63. The van der Waals surface area contributed by atoms with E-state index < -0.39 is 17.1 Å². The highest BCUT2D eigenvalue weighted by atomic mass is 16.6. The molecule has 1 spiro atoms. The summed E-state index contributed by atoms with van der Waals surface area (Å²) in [5, 5.41) is 37.2. The largest absolute Gasteiger partial charge is 0.504 e. The molecule has 0 unspecified atom stereocenters. The van der Waals surface area contributed by atoms with E-state index in [4.69, 9.17) is 4.74 Å². The first-order chi connectivity index (χ1) is 19.9. The molecule has 1 aromatic heterocycles. The summed E-state index contributed by atoms with van der Waals surface area (Å²) >= 11 is 0. The van der Waals surface area contributed by atoms with Crippen molar-refractivity contribution in [3.8, 4) is 11.5 Å². The van der Waals surface area contributed by atoms with E-state index in [2.05, 4.69) is 21.6 Å². The van der Waals surface area contributed by atoms with Crippen molar-refractivity contribution in [2.75, 3.05) is 13.1 Å². The first-order valence-electron chi connectivity index (χ1n) is 14.7. The third kappa shape index (κ3) is 2.91. The van der Waals surface area contributed by atoms with Gasteiger partial charge in [-0.1, -0.05) is 42.5 Å². The number of phenols is 1. The molecule has 208 valence electrons.